The van der Waals surface area contributed by atoms with Gasteiger partial charge >= 0.3 is 0 Å². The van der Waals surface area contributed by atoms with Gasteiger partial charge < -0.3 is 4.74 Å². The number of benzene rings is 2. The molecule has 26 heavy (non-hydrogen) atoms. The number of hydrogen-bond acceptors (Lipinski definition) is 5. The number of aromatic nitrogens is 2. The van der Waals surface area contributed by atoms with Crippen molar-refractivity contribution in [2.24, 2.45) is 0 Å². The molecule has 0 saturated carbocycles. The van der Waals surface area contributed by atoms with E-state index in [1.165, 1.54) is 41.5 Å². The van der Waals surface area contributed by atoms with Gasteiger partial charge in [-0.15, -0.1) is 10.2 Å². The van der Waals surface area contributed by atoms with E-state index in [1.54, 1.807) is 18.2 Å². The molecular formula is C18H15ClFN3O2S. The molecule has 1 aromatic heterocycles. The van der Waals surface area contributed by atoms with Gasteiger partial charge in [0.25, 0.3) is 5.91 Å². The first kappa shape index (κ1) is 18.4. The van der Waals surface area contributed by atoms with Gasteiger partial charge in [0.2, 0.25) is 5.13 Å². The molecule has 5 nitrogen and oxygen atoms in total. The van der Waals surface area contributed by atoms with Crippen LogP contribution in [0.1, 0.15) is 10.4 Å². The van der Waals surface area contributed by atoms with E-state index in [2.05, 4.69) is 10.2 Å². The third-order valence-corrected chi connectivity index (χ3v) is 4.85. The van der Waals surface area contributed by atoms with Gasteiger partial charge in [0, 0.05) is 17.7 Å². The van der Waals surface area contributed by atoms with Crippen LogP contribution < -0.4 is 4.90 Å². The summed E-state index contributed by atoms with van der Waals surface area (Å²) < 4.78 is 19.1. The normalized spacial score (nSPS) is 10.7. The van der Waals surface area contributed by atoms with E-state index in [1.807, 2.05) is 12.1 Å². The fourth-order valence-electron chi connectivity index (χ4n) is 2.28. The molecule has 0 aliphatic heterocycles. The van der Waals surface area contributed by atoms with E-state index >= 15 is 0 Å². The maximum atomic E-state index is 14.0. The van der Waals surface area contributed by atoms with Gasteiger partial charge in [-0.3, -0.25) is 9.69 Å². The summed E-state index contributed by atoms with van der Waals surface area (Å²) in [6, 6.07) is 13.0. The third kappa shape index (κ3) is 4.07. The van der Waals surface area contributed by atoms with Crippen molar-refractivity contribution < 1.29 is 13.9 Å². The number of halogens is 2. The maximum absolute atomic E-state index is 14.0. The summed E-state index contributed by atoms with van der Waals surface area (Å²) in [6.45, 7) is 0.523. The van der Waals surface area contributed by atoms with Crippen LogP contribution in [-0.2, 0) is 4.74 Å². The maximum Gasteiger partial charge on any atom is 0.263 e. The predicted octanol–water partition coefficient (Wildman–Crippen LogP) is 4.29. The molecule has 0 bridgehead atoms. The summed E-state index contributed by atoms with van der Waals surface area (Å²) in [4.78, 5) is 14.2. The summed E-state index contributed by atoms with van der Waals surface area (Å²) >= 11 is 7.14. The zero-order chi connectivity index (χ0) is 18.5. The molecule has 0 spiro atoms. The zero-order valence-electron chi connectivity index (χ0n) is 13.9. The summed E-state index contributed by atoms with van der Waals surface area (Å²) in [5, 5.41) is 9.88. The Morgan fingerprint density at radius 3 is 2.62 bits per heavy atom. The Morgan fingerprint density at radius 1 is 1.19 bits per heavy atom. The van der Waals surface area contributed by atoms with Crippen LogP contribution >= 0.6 is 22.9 Å². The standard InChI is InChI=1S/C18H15ClFN3O2S/c1-25-11-10-23(17(24)14-4-2-3-5-15(14)20)18-22-21-16(26-18)12-6-8-13(19)9-7-12/h2-9H,10-11H2,1H3. The lowest BCUT2D eigenvalue weighted by molar-refractivity contribution is 0.0972. The number of hydrogen-bond donors (Lipinski definition) is 0. The molecule has 0 unspecified atom stereocenters. The van der Waals surface area contributed by atoms with Crippen LogP contribution in [0, 0.1) is 5.82 Å². The minimum Gasteiger partial charge on any atom is -0.383 e. The quantitative estimate of drug-likeness (QED) is 0.629. The fourth-order valence-corrected chi connectivity index (χ4v) is 3.28. The van der Waals surface area contributed by atoms with E-state index in [0.717, 1.165) is 5.56 Å². The lowest BCUT2D eigenvalue weighted by Gasteiger charge is -2.19. The predicted molar refractivity (Wildman–Crippen MR) is 100 cm³/mol. The topological polar surface area (TPSA) is 55.3 Å². The van der Waals surface area contributed by atoms with E-state index in [0.29, 0.717) is 15.2 Å². The highest BCUT2D eigenvalue weighted by molar-refractivity contribution is 7.18. The number of rotatable bonds is 6. The average molecular weight is 392 g/mol. The molecule has 0 fully saturated rings. The Hall–Kier alpha value is -2.35. The lowest BCUT2D eigenvalue weighted by atomic mass is 10.2. The van der Waals surface area contributed by atoms with E-state index in [4.69, 9.17) is 16.3 Å². The van der Waals surface area contributed by atoms with Crippen LogP contribution in [0.15, 0.2) is 48.5 Å². The minimum atomic E-state index is -0.581. The van der Waals surface area contributed by atoms with Crippen molar-refractivity contribution in [3.05, 3.63) is 64.9 Å². The number of amides is 1. The van der Waals surface area contributed by atoms with Crippen molar-refractivity contribution in [2.75, 3.05) is 25.2 Å². The molecule has 0 radical (unpaired) electrons. The average Bonchev–Trinajstić information content (AvgIpc) is 3.12. The van der Waals surface area contributed by atoms with Gasteiger partial charge in [-0.05, 0) is 24.3 Å². The second-order valence-corrected chi connectivity index (χ2v) is 6.72. The monoisotopic (exact) mass is 391 g/mol. The van der Waals surface area contributed by atoms with Crippen molar-refractivity contribution in [3.63, 3.8) is 0 Å². The van der Waals surface area contributed by atoms with Crippen LogP contribution in [0.2, 0.25) is 5.02 Å². The number of methoxy groups -OCH3 is 1. The lowest BCUT2D eigenvalue weighted by Crippen LogP contribution is -2.34. The summed E-state index contributed by atoms with van der Waals surface area (Å²) in [5.74, 6) is -1.07. The molecule has 134 valence electrons. The molecule has 0 aliphatic rings. The Labute approximate surface area is 159 Å². The molecule has 0 atom stereocenters. The first-order valence-electron chi connectivity index (χ1n) is 7.75. The smallest absolute Gasteiger partial charge is 0.263 e. The molecule has 0 N–H and O–H groups in total. The molecule has 3 rings (SSSR count). The van der Waals surface area contributed by atoms with Crippen molar-refractivity contribution in [1.82, 2.24) is 10.2 Å². The second kappa shape index (κ2) is 8.35. The SMILES string of the molecule is COCCN(C(=O)c1ccccc1F)c1nnc(-c2ccc(Cl)cc2)s1. The van der Waals surface area contributed by atoms with Crippen LogP contribution in [0.3, 0.4) is 0 Å². The van der Waals surface area contributed by atoms with Crippen LogP contribution in [0.5, 0.6) is 0 Å². The molecule has 8 heteroatoms. The van der Waals surface area contributed by atoms with Gasteiger partial charge in [-0.2, -0.15) is 0 Å². The minimum absolute atomic E-state index is 0.0214. The molecular weight excluding hydrogens is 377 g/mol. The third-order valence-electron chi connectivity index (χ3n) is 3.60. The zero-order valence-corrected chi connectivity index (χ0v) is 15.4. The molecule has 1 amide bonds. The Morgan fingerprint density at radius 2 is 1.92 bits per heavy atom. The first-order valence-corrected chi connectivity index (χ1v) is 8.94. The second-order valence-electron chi connectivity index (χ2n) is 5.33. The van der Waals surface area contributed by atoms with Gasteiger partial charge in [-0.1, -0.05) is 47.2 Å². The number of carbonyl (C=O) groups is 1. The van der Waals surface area contributed by atoms with Crippen LogP contribution in [-0.4, -0.2) is 36.4 Å². The summed E-state index contributed by atoms with van der Waals surface area (Å²) in [5.41, 5.74) is 0.815. The van der Waals surface area contributed by atoms with Gasteiger partial charge in [0.15, 0.2) is 0 Å². The van der Waals surface area contributed by atoms with E-state index in [-0.39, 0.29) is 18.7 Å². The van der Waals surface area contributed by atoms with Crippen molar-refractivity contribution in [3.8, 4) is 10.6 Å². The molecule has 0 aliphatic carbocycles. The highest BCUT2D eigenvalue weighted by Crippen LogP contribution is 2.30. The number of nitrogens with zero attached hydrogens (tertiary/aromatic N) is 3. The number of ether oxygens (including phenoxy) is 1. The Balaban J connectivity index is 1.92. The molecule has 3 aromatic rings. The highest BCUT2D eigenvalue weighted by Gasteiger charge is 2.24. The van der Waals surface area contributed by atoms with Crippen LogP contribution in [0.25, 0.3) is 10.6 Å². The number of anilines is 1. The first-order chi connectivity index (χ1) is 12.6. The summed E-state index contributed by atoms with van der Waals surface area (Å²) in [6.07, 6.45) is 0. The van der Waals surface area contributed by atoms with E-state index < -0.39 is 11.7 Å². The van der Waals surface area contributed by atoms with Gasteiger partial charge in [-0.25, -0.2) is 4.39 Å². The molecule has 0 saturated heterocycles. The van der Waals surface area contributed by atoms with Gasteiger partial charge in [0.1, 0.15) is 10.8 Å². The number of carbonyl (C=O) groups excluding carboxylic acids is 1. The molecule has 1 heterocycles. The van der Waals surface area contributed by atoms with Gasteiger partial charge in [0.05, 0.1) is 18.7 Å². The fraction of sp³-hybridized carbons (Fsp3) is 0.167. The van der Waals surface area contributed by atoms with Crippen molar-refractivity contribution in [1.29, 1.82) is 0 Å². The highest BCUT2D eigenvalue weighted by atomic mass is 35.5. The summed E-state index contributed by atoms with van der Waals surface area (Å²) in [7, 11) is 1.53. The molecule has 2 aromatic carbocycles. The van der Waals surface area contributed by atoms with Crippen molar-refractivity contribution in [2.45, 2.75) is 0 Å². The Kier molecular flexibility index (Phi) is 5.92. The van der Waals surface area contributed by atoms with E-state index in [9.17, 15) is 9.18 Å². The van der Waals surface area contributed by atoms with Crippen LogP contribution in [0.4, 0.5) is 9.52 Å². The Bertz CT molecular complexity index is 901. The largest absolute Gasteiger partial charge is 0.383 e. The van der Waals surface area contributed by atoms with Crippen molar-refractivity contribution >= 4 is 34.0 Å².